The van der Waals surface area contributed by atoms with Crippen molar-refractivity contribution in [1.29, 1.82) is 0 Å². The third kappa shape index (κ3) is 2.70. The zero-order chi connectivity index (χ0) is 8.81. The van der Waals surface area contributed by atoms with Gasteiger partial charge in [-0.15, -0.1) is 11.8 Å². The summed E-state index contributed by atoms with van der Waals surface area (Å²) < 4.78 is 0. The predicted octanol–water partition coefficient (Wildman–Crippen LogP) is 2.54. The van der Waals surface area contributed by atoms with Gasteiger partial charge in [0.2, 0.25) is 0 Å². The summed E-state index contributed by atoms with van der Waals surface area (Å²) in [6.07, 6.45) is 1.46. The fourth-order valence-electron chi connectivity index (χ4n) is 0.985. The molecule has 1 aromatic rings. The van der Waals surface area contributed by atoms with E-state index in [2.05, 4.69) is 19.1 Å². The molecule has 0 fully saturated rings. The molecule has 0 atom stereocenters. The van der Waals surface area contributed by atoms with Crippen LogP contribution in [0, 0.1) is 0 Å². The molecule has 0 amide bonds. The van der Waals surface area contributed by atoms with Crippen LogP contribution in [0.3, 0.4) is 0 Å². The maximum Gasteiger partial charge on any atom is 0.124 e. The first kappa shape index (κ1) is 9.33. The zero-order valence-corrected chi connectivity index (χ0v) is 7.93. The monoisotopic (exact) mass is 180 g/mol. The van der Waals surface area contributed by atoms with Gasteiger partial charge >= 0.3 is 0 Å². The first-order chi connectivity index (χ1) is 5.86. The van der Waals surface area contributed by atoms with E-state index in [0.717, 1.165) is 17.6 Å². The number of hydrogen-bond donors (Lipinski definition) is 0. The quantitative estimate of drug-likeness (QED) is 0.523. The van der Waals surface area contributed by atoms with Crippen LogP contribution in [0.4, 0.5) is 0 Å². The Hall–Kier alpha value is -0.760. The smallest absolute Gasteiger partial charge is 0.124 e. The van der Waals surface area contributed by atoms with Gasteiger partial charge < -0.3 is 4.79 Å². The maximum absolute atomic E-state index is 10.2. The van der Waals surface area contributed by atoms with Gasteiger partial charge in [-0.05, 0) is 23.4 Å². The van der Waals surface area contributed by atoms with Crippen molar-refractivity contribution in [3.8, 4) is 0 Å². The Labute approximate surface area is 77.2 Å². The summed E-state index contributed by atoms with van der Waals surface area (Å²) >= 11 is 1.81. The molecule has 2 heteroatoms. The molecule has 0 saturated carbocycles. The van der Waals surface area contributed by atoms with Crippen LogP contribution in [0.15, 0.2) is 29.2 Å². The third-order valence-electron chi connectivity index (χ3n) is 1.55. The number of carbonyl (C=O) groups excluding carboxylic acids is 1. The lowest BCUT2D eigenvalue weighted by Gasteiger charge is -1.98. The molecule has 0 saturated heterocycles. The highest BCUT2D eigenvalue weighted by molar-refractivity contribution is 7.99. The van der Waals surface area contributed by atoms with Crippen molar-refractivity contribution in [3.05, 3.63) is 29.8 Å². The van der Waals surface area contributed by atoms with Crippen LogP contribution in [0.5, 0.6) is 0 Å². The van der Waals surface area contributed by atoms with Crippen LogP contribution in [-0.4, -0.2) is 12.0 Å². The standard InChI is InChI=1S/C10H12OS/c1-2-12-10-5-3-9(4-6-10)7-8-11/h3-6,8H,2,7H2,1H3. The number of benzene rings is 1. The first-order valence-electron chi connectivity index (χ1n) is 4.02. The highest BCUT2D eigenvalue weighted by Gasteiger charge is 1.92. The van der Waals surface area contributed by atoms with Crippen molar-refractivity contribution in [1.82, 2.24) is 0 Å². The summed E-state index contributed by atoms with van der Waals surface area (Å²) in [7, 11) is 0. The molecule has 0 aromatic heterocycles. The summed E-state index contributed by atoms with van der Waals surface area (Å²) in [5.74, 6) is 1.09. The Morgan fingerprint density at radius 3 is 2.50 bits per heavy atom. The normalized spacial score (nSPS) is 9.75. The summed E-state index contributed by atoms with van der Waals surface area (Å²) in [5, 5.41) is 0. The molecule has 12 heavy (non-hydrogen) atoms. The van der Waals surface area contributed by atoms with Crippen molar-refractivity contribution in [2.75, 3.05) is 5.75 Å². The molecule has 64 valence electrons. The third-order valence-corrected chi connectivity index (χ3v) is 2.45. The van der Waals surface area contributed by atoms with E-state index in [1.165, 1.54) is 4.90 Å². The minimum atomic E-state index is 0.525. The van der Waals surface area contributed by atoms with Gasteiger partial charge in [-0.3, -0.25) is 0 Å². The van der Waals surface area contributed by atoms with Crippen LogP contribution < -0.4 is 0 Å². The van der Waals surface area contributed by atoms with Gasteiger partial charge in [0.05, 0.1) is 0 Å². The van der Waals surface area contributed by atoms with E-state index in [1.807, 2.05) is 23.9 Å². The van der Waals surface area contributed by atoms with Gasteiger partial charge in [-0.1, -0.05) is 19.1 Å². The fraction of sp³-hybridized carbons (Fsp3) is 0.300. The lowest BCUT2D eigenvalue weighted by Crippen LogP contribution is -1.84. The van der Waals surface area contributed by atoms with Gasteiger partial charge in [0.1, 0.15) is 6.29 Å². The molecular weight excluding hydrogens is 168 g/mol. The van der Waals surface area contributed by atoms with E-state index in [-0.39, 0.29) is 0 Å². The lowest BCUT2D eigenvalue weighted by molar-refractivity contribution is -0.107. The average molecular weight is 180 g/mol. The Bertz CT molecular complexity index is 241. The van der Waals surface area contributed by atoms with Crippen LogP contribution in [-0.2, 0) is 11.2 Å². The van der Waals surface area contributed by atoms with Crippen molar-refractivity contribution >= 4 is 18.0 Å². The Kier molecular flexibility index (Phi) is 3.88. The topological polar surface area (TPSA) is 17.1 Å². The van der Waals surface area contributed by atoms with Crippen molar-refractivity contribution in [3.63, 3.8) is 0 Å². The van der Waals surface area contributed by atoms with Crippen molar-refractivity contribution < 1.29 is 4.79 Å². The second kappa shape index (κ2) is 4.99. The summed E-state index contributed by atoms with van der Waals surface area (Å²) in [6.45, 7) is 2.13. The van der Waals surface area contributed by atoms with Crippen molar-refractivity contribution in [2.24, 2.45) is 0 Å². The molecule has 0 radical (unpaired) electrons. The molecule has 1 aromatic carbocycles. The number of thioether (sulfide) groups is 1. The van der Waals surface area contributed by atoms with Gasteiger partial charge in [-0.2, -0.15) is 0 Å². The molecule has 0 unspecified atom stereocenters. The average Bonchev–Trinajstić information content (AvgIpc) is 2.09. The van der Waals surface area contributed by atoms with Gasteiger partial charge in [0.25, 0.3) is 0 Å². The lowest BCUT2D eigenvalue weighted by atomic mass is 10.2. The predicted molar refractivity (Wildman–Crippen MR) is 52.6 cm³/mol. The fourth-order valence-corrected chi connectivity index (χ4v) is 1.65. The van der Waals surface area contributed by atoms with Gasteiger partial charge in [0, 0.05) is 11.3 Å². The highest BCUT2D eigenvalue weighted by Crippen LogP contribution is 2.17. The minimum absolute atomic E-state index is 0.525. The van der Waals surface area contributed by atoms with E-state index >= 15 is 0 Å². The second-order valence-electron chi connectivity index (χ2n) is 2.45. The van der Waals surface area contributed by atoms with Crippen molar-refractivity contribution in [2.45, 2.75) is 18.2 Å². The molecule has 0 N–H and O–H groups in total. The van der Waals surface area contributed by atoms with E-state index in [1.54, 1.807) is 0 Å². The molecule has 1 nitrogen and oxygen atoms in total. The van der Waals surface area contributed by atoms with Gasteiger partial charge in [0.15, 0.2) is 0 Å². The number of hydrogen-bond acceptors (Lipinski definition) is 2. The van der Waals surface area contributed by atoms with Crippen LogP contribution >= 0.6 is 11.8 Å². The molecule has 0 bridgehead atoms. The zero-order valence-electron chi connectivity index (χ0n) is 7.12. The number of carbonyl (C=O) groups is 1. The summed E-state index contributed by atoms with van der Waals surface area (Å²) in [4.78, 5) is 11.5. The largest absolute Gasteiger partial charge is 0.303 e. The summed E-state index contributed by atoms with van der Waals surface area (Å²) in [5.41, 5.74) is 1.09. The number of aldehydes is 1. The molecule has 0 aliphatic heterocycles. The Morgan fingerprint density at radius 2 is 2.00 bits per heavy atom. The molecule has 1 rings (SSSR count). The summed E-state index contributed by atoms with van der Waals surface area (Å²) in [6, 6.07) is 8.14. The molecule has 0 aliphatic rings. The number of rotatable bonds is 4. The van der Waals surface area contributed by atoms with Crippen LogP contribution in [0.25, 0.3) is 0 Å². The van der Waals surface area contributed by atoms with Crippen LogP contribution in [0.1, 0.15) is 12.5 Å². The van der Waals surface area contributed by atoms with E-state index in [4.69, 9.17) is 0 Å². The SMILES string of the molecule is CCSc1ccc(CC=O)cc1. The molecular formula is C10H12OS. The van der Waals surface area contributed by atoms with E-state index in [0.29, 0.717) is 6.42 Å². The van der Waals surface area contributed by atoms with Crippen LogP contribution in [0.2, 0.25) is 0 Å². The first-order valence-corrected chi connectivity index (χ1v) is 5.00. The minimum Gasteiger partial charge on any atom is -0.303 e. The highest BCUT2D eigenvalue weighted by atomic mass is 32.2. The Morgan fingerprint density at radius 1 is 1.33 bits per heavy atom. The second-order valence-corrected chi connectivity index (χ2v) is 3.79. The van der Waals surface area contributed by atoms with E-state index in [9.17, 15) is 4.79 Å². The Balaban J connectivity index is 2.64. The maximum atomic E-state index is 10.2. The van der Waals surface area contributed by atoms with E-state index < -0.39 is 0 Å². The molecule has 0 aliphatic carbocycles. The molecule has 0 spiro atoms. The molecule has 0 heterocycles. The van der Waals surface area contributed by atoms with Gasteiger partial charge in [-0.25, -0.2) is 0 Å².